The van der Waals surface area contributed by atoms with E-state index in [0.29, 0.717) is 12.8 Å². The first kappa shape index (κ1) is 25.2. The molecule has 0 bridgehead atoms. The molecule has 0 spiro atoms. The van der Waals surface area contributed by atoms with Gasteiger partial charge < -0.3 is 25.4 Å². The summed E-state index contributed by atoms with van der Waals surface area (Å²) in [6.45, 7) is 2.30. The van der Waals surface area contributed by atoms with Gasteiger partial charge in [0.05, 0.1) is 5.92 Å². The predicted molar refractivity (Wildman–Crippen MR) is 130 cm³/mol. The first-order chi connectivity index (χ1) is 16.3. The third kappa shape index (κ3) is 6.14. The van der Waals surface area contributed by atoms with Gasteiger partial charge >= 0.3 is 12.1 Å². The first-order valence-electron chi connectivity index (χ1n) is 11.6. The van der Waals surface area contributed by atoms with Crippen LogP contribution in [0.1, 0.15) is 36.8 Å². The Hall–Kier alpha value is -3.39. The molecule has 1 aliphatic rings. The highest BCUT2D eigenvalue weighted by Gasteiger charge is 2.30. The molecule has 0 radical (unpaired) electrons. The number of rotatable bonds is 11. The van der Waals surface area contributed by atoms with E-state index in [2.05, 4.69) is 22.8 Å². The standard InChI is InChI=1S/C26H33N3O5/c1-4-9-17(25(31)32)14-27-24(30)23(15-29(2)3)28-26(33)34-16-22-20-12-7-5-10-18(20)19-11-6-8-13-21(19)22/h5-8,10-13,17,22-23H,4,9,14-16H2,1-3H3,(H,27,30)(H,28,33)(H,31,32). The molecule has 2 amide bonds. The van der Waals surface area contributed by atoms with Crippen molar-refractivity contribution in [3.63, 3.8) is 0 Å². The number of fused-ring (bicyclic) bond motifs is 3. The predicted octanol–water partition coefficient (Wildman–Crippen LogP) is 3.07. The average Bonchev–Trinajstić information content (AvgIpc) is 3.13. The van der Waals surface area contributed by atoms with Crippen molar-refractivity contribution in [2.24, 2.45) is 5.92 Å². The van der Waals surface area contributed by atoms with Crippen molar-refractivity contribution in [1.29, 1.82) is 0 Å². The molecular formula is C26H33N3O5. The van der Waals surface area contributed by atoms with Crippen molar-refractivity contribution < 1.29 is 24.2 Å². The largest absolute Gasteiger partial charge is 0.481 e. The molecule has 0 saturated heterocycles. The zero-order valence-electron chi connectivity index (χ0n) is 19.9. The molecular weight excluding hydrogens is 434 g/mol. The van der Waals surface area contributed by atoms with Crippen molar-refractivity contribution in [1.82, 2.24) is 15.5 Å². The summed E-state index contributed by atoms with van der Waals surface area (Å²) in [6.07, 6.45) is 0.479. The molecule has 0 aromatic heterocycles. The number of ether oxygens (including phenoxy) is 1. The summed E-state index contributed by atoms with van der Waals surface area (Å²) in [5.41, 5.74) is 4.48. The fraction of sp³-hybridized carbons (Fsp3) is 0.423. The summed E-state index contributed by atoms with van der Waals surface area (Å²) in [7, 11) is 3.58. The number of nitrogens with zero attached hydrogens (tertiary/aromatic N) is 1. The lowest BCUT2D eigenvalue weighted by Gasteiger charge is -2.23. The molecule has 0 aliphatic heterocycles. The number of carbonyl (C=O) groups is 3. The van der Waals surface area contributed by atoms with Gasteiger partial charge in [0.15, 0.2) is 0 Å². The lowest BCUT2D eigenvalue weighted by atomic mass is 9.98. The number of alkyl carbamates (subject to hydrolysis) is 1. The van der Waals surface area contributed by atoms with E-state index in [1.807, 2.05) is 43.3 Å². The van der Waals surface area contributed by atoms with Gasteiger partial charge in [0.25, 0.3) is 0 Å². The highest BCUT2D eigenvalue weighted by atomic mass is 16.5. The molecule has 34 heavy (non-hydrogen) atoms. The second-order valence-electron chi connectivity index (χ2n) is 8.85. The van der Waals surface area contributed by atoms with Crippen molar-refractivity contribution in [3.05, 3.63) is 59.7 Å². The van der Waals surface area contributed by atoms with E-state index in [0.717, 1.165) is 22.3 Å². The minimum Gasteiger partial charge on any atom is -0.481 e. The highest BCUT2D eigenvalue weighted by Crippen LogP contribution is 2.44. The van der Waals surface area contributed by atoms with Crippen LogP contribution in [0, 0.1) is 5.92 Å². The van der Waals surface area contributed by atoms with Crippen LogP contribution in [0.3, 0.4) is 0 Å². The maximum absolute atomic E-state index is 12.7. The molecule has 8 heteroatoms. The van der Waals surface area contributed by atoms with Crippen molar-refractivity contribution in [2.75, 3.05) is 33.8 Å². The zero-order valence-corrected chi connectivity index (χ0v) is 19.9. The Bertz CT molecular complexity index is 978. The Morgan fingerprint density at radius 2 is 1.62 bits per heavy atom. The number of carboxylic acid groups (broad SMARTS) is 1. The molecule has 2 atom stereocenters. The van der Waals surface area contributed by atoms with Crippen LogP contribution in [0.5, 0.6) is 0 Å². The number of aliphatic carboxylic acids is 1. The Labute approximate surface area is 200 Å². The molecule has 2 aromatic rings. The summed E-state index contributed by atoms with van der Waals surface area (Å²) in [4.78, 5) is 38.5. The quantitative estimate of drug-likeness (QED) is 0.469. The van der Waals surface area contributed by atoms with Crippen LogP contribution in [0.15, 0.2) is 48.5 Å². The maximum Gasteiger partial charge on any atom is 0.407 e. The van der Waals surface area contributed by atoms with Gasteiger partial charge in [-0.3, -0.25) is 9.59 Å². The fourth-order valence-electron chi connectivity index (χ4n) is 4.35. The van der Waals surface area contributed by atoms with E-state index in [4.69, 9.17) is 4.74 Å². The Morgan fingerprint density at radius 1 is 1.03 bits per heavy atom. The van der Waals surface area contributed by atoms with Gasteiger partial charge in [0.1, 0.15) is 12.6 Å². The average molecular weight is 468 g/mol. The number of benzene rings is 2. The van der Waals surface area contributed by atoms with Gasteiger partial charge in [-0.25, -0.2) is 4.79 Å². The molecule has 0 heterocycles. The minimum atomic E-state index is -0.948. The summed E-state index contributed by atoms with van der Waals surface area (Å²) in [5, 5.41) is 14.6. The van der Waals surface area contributed by atoms with Crippen LogP contribution in [0.25, 0.3) is 11.1 Å². The summed E-state index contributed by atoms with van der Waals surface area (Å²) in [6, 6.07) is 15.3. The number of nitrogens with one attached hydrogen (secondary N) is 2. The Balaban J connectivity index is 1.62. The van der Waals surface area contributed by atoms with Crippen LogP contribution in [-0.2, 0) is 14.3 Å². The maximum atomic E-state index is 12.7. The topological polar surface area (TPSA) is 108 Å². The monoisotopic (exact) mass is 467 g/mol. The van der Waals surface area contributed by atoms with Crippen LogP contribution in [0.4, 0.5) is 4.79 Å². The minimum absolute atomic E-state index is 0.0122. The lowest BCUT2D eigenvalue weighted by molar-refractivity contribution is -0.142. The zero-order chi connectivity index (χ0) is 24.7. The molecule has 3 N–H and O–H groups in total. The number of carboxylic acids is 1. The van der Waals surface area contributed by atoms with E-state index < -0.39 is 29.9 Å². The number of amides is 2. The second kappa shape index (κ2) is 11.7. The molecule has 1 aliphatic carbocycles. The second-order valence-corrected chi connectivity index (χ2v) is 8.85. The van der Waals surface area contributed by atoms with Gasteiger partial charge in [-0.05, 0) is 42.8 Å². The smallest absolute Gasteiger partial charge is 0.407 e. The fourth-order valence-corrected chi connectivity index (χ4v) is 4.35. The van der Waals surface area contributed by atoms with Crippen molar-refractivity contribution in [2.45, 2.75) is 31.7 Å². The van der Waals surface area contributed by atoms with E-state index in [9.17, 15) is 19.5 Å². The van der Waals surface area contributed by atoms with Crippen molar-refractivity contribution in [3.8, 4) is 11.1 Å². The Morgan fingerprint density at radius 3 is 2.15 bits per heavy atom. The highest BCUT2D eigenvalue weighted by molar-refractivity contribution is 5.86. The van der Waals surface area contributed by atoms with Gasteiger partial charge in [0.2, 0.25) is 5.91 Å². The summed E-state index contributed by atoms with van der Waals surface area (Å²) >= 11 is 0. The first-order valence-corrected chi connectivity index (χ1v) is 11.6. The molecule has 182 valence electrons. The lowest BCUT2D eigenvalue weighted by Crippen LogP contribution is -2.52. The van der Waals surface area contributed by atoms with Crippen molar-refractivity contribution >= 4 is 18.0 Å². The van der Waals surface area contributed by atoms with Crippen LogP contribution < -0.4 is 10.6 Å². The molecule has 2 aromatic carbocycles. The third-order valence-electron chi connectivity index (χ3n) is 6.01. The van der Waals surface area contributed by atoms with E-state index in [-0.39, 0.29) is 25.6 Å². The normalized spacial score (nSPS) is 14.1. The molecule has 0 saturated carbocycles. The third-order valence-corrected chi connectivity index (χ3v) is 6.01. The molecule has 0 fully saturated rings. The van der Waals surface area contributed by atoms with E-state index >= 15 is 0 Å². The van der Waals surface area contributed by atoms with Gasteiger partial charge in [-0.15, -0.1) is 0 Å². The number of carbonyl (C=O) groups excluding carboxylic acids is 2. The van der Waals surface area contributed by atoms with Crippen LogP contribution in [-0.4, -0.2) is 67.8 Å². The van der Waals surface area contributed by atoms with Gasteiger partial charge in [0, 0.05) is 19.0 Å². The van der Waals surface area contributed by atoms with Crippen LogP contribution >= 0.6 is 0 Å². The molecule has 2 unspecified atom stereocenters. The Kier molecular flexibility index (Phi) is 8.65. The molecule has 3 rings (SSSR count). The SMILES string of the molecule is CCCC(CNC(=O)C(CN(C)C)NC(=O)OCC1c2ccccc2-c2ccccc21)C(=O)O. The van der Waals surface area contributed by atoms with Gasteiger partial charge in [-0.2, -0.15) is 0 Å². The summed E-state index contributed by atoms with van der Waals surface area (Å²) in [5.74, 6) is -2.13. The number of hydrogen-bond acceptors (Lipinski definition) is 5. The molecule has 8 nitrogen and oxygen atoms in total. The summed E-state index contributed by atoms with van der Waals surface area (Å²) < 4.78 is 5.56. The number of likely N-dealkylation sites (N-methyl/N-ethyl adjacent to an activating group) is 1. The number of hydrogen-bond donors (Lipinski definition) is 3. The van der Waals surface area contributed by atoms with E-state index in [1.165, 1.54) is 0 Å². The van der Waals surface area contributed by atoms with E-state index in [1.54, 1.807) is 19.0 Å². The van der Waals surface area contributed by atoms with Crippen LogP contribution in [0.2, 0.25) is 0 Å². The van der Waals surface area contributed by atoms with Gasteiger partial charge in [-0.1, -0.05) is 61.9 Å².